The van der Waals surface area contributed by atoms with Crippen LogP contribution in [0.25, 0.3) is 0 Å². The van der Waals surface area contributed by atoms with Gasteiger partial charge in [-0.2, -0.15) is 0 Å². The van der Waals surface area contributed by atoms with Crippen LogP contribution in [0.3, 0.4) is 0 Å². The summed E-state index contributed by atoms with van der Waals surface area (Å²) in [5, 5.41) is 3.52. The first kappa shape index (κ1) is 13.0. The number of halogens is 2. The summed E-state index contributed by atoms with van der Waals surface area (Å²) >= 11 is 3.26. The van der Waals surface area contributed by atoms with Crippen LogP contribution in [0.5, 0.6) is 0 Å². The van der Waals surface area contributed by atoms with E-state index < -0.39 is 0 Å². The van der Waals surface area contributed by atoms with Crippen LogP contribution >= 0.6 is 15.9 Å². The summed E-state index contributed by atoms with van der Waals surface area (Å²) in [7, 11) is 0. The zero-order valence-electron chi connectivity index (χ0n) is 10.3. The molecule has 0 saturated heterocycles. The Balaban J connectivity index is 2.10. The maximum atomic E-state index is 13.2. The predicted octanol–water partition coefficient (Wildman–Crippen LogP) is 4.08. The van der Waals surface area contributed by atoms with Crippen molar-refractivity contribution in [2.75, 3.05) is 6.54 Å². The molecule has 1 fully saturated rings. The van der Waals surface area contributed by atoms with Gasteiger partial charge in [-0.1, -0.05) is 26.3 Å². The molecule has 0 aliphatic heterocycles. The van der Waals surface area contributed by atoms with Gasteiger partial charge in [-0.3, -0.25) is 0 Å². The summed E-state index contributed by atoms with van der Waals surface area (Å²) in [6.07, 6.45) is 2.35. The zero-order valence-corrected chi connectivity index (χ0v) is 11.9. The third-order valence-electron chi connectivity index (χ3n) is 3.85. The molecule has 1 aliphatic carbocycles. The minimum Gasteiger partial charge on any atom is -0.314 e. The van der Waals surface area contributed by atoms with E-state index >= 15 is 0 Å². The first-order valence-electron chi connectivity index (χ1n) is 6.35. The molecule has 94 valence electrons. The second-order valence-electron chi connectivity index (χ2n) is 4.75. The van der Waals surface area contributed by atoms with Crippen LogP contribution < -0.4 is 5.32 Å². The van der Waals surface area contributed by atoms with Crippen LogP contribution in [0.2, 0.25) is 0 Å². The Labute approximate surface area is 111 Å². The third-order valence-corrected chi connectivity index (χ3v) is 4.46. The minimum atomic E-state index is -0.177. The summed E-state index contributed by atoms with van der Waals surface area (Å²) < 4.78 is 13.8. The van der Waals surface area contributed by atoms with Crippen molar-refractivity contribution in [1.82, 2.24) is 5.32 Å². The highest BCUT2D eigenvalue weighted by Gasteiger charge is 2.39. The molecule has 17 heavy (non-hydrogen) atoms. The smallest absolute Gasteiger partial charge is 0.137 e. The van der Waals surface area contributed by atoms with Gasteiger partial charge in [0.1, 0.15) is 5.82 Å². The quantitative estimate of drug-likeness (QED) is 0.883. The lowest BCUT2D eigenvalue weighted by Crippen LogP contribution is -2.48. The lowest BCUT2D eigenvalue weighted by molar-refractivity contribution is 0.162. The summed E-state index contributed by atoms with van der Waals surface area (Å²) in [5.74, 6) is 1.10. The predicted molar refractivity (Wildman–Crippen MR) is 72.7 cm³/mol. The molecule has 2 rings (SSSR count). The highest BCUT2D eigenvalue weighted by Crippen LogP contribution is 2.45. The molecule has 1 aromatic rings. The molecule has 0 bridgehead atoms. The van der Waals surface area contributed by atoms with Crippen LogP contribution in [0, 0.1) is 11.7 Å². The fourth-order valence-electron chi connectivity index (χ4n) is 2.90. The van der Waals surface area contributed by atoms with Gasteiger partial charge in [-0.15, -0.1) is 0 Å². The van der Waals surface area contributed by atoms with E-state index in [9.17, 15) is 4.39 Å². The zero-order chi connectivity index (χ0) is 12.4. The largest absolute Gasteiger partial charge is 0.314 e. The van der Waals surface area contributed by atoms with Gasteiger partial charge in [0, 0.05) is 6.04 Å². The molecule has 0 amide bonds. The van der Waals surface area contributed by atoms with E-state index in [1.807, 2.05) is 12.1 Å². The Morgan fingerprint density at radius 1 is 1.41 bits per heavy atom. The van der Waals surface area contributed by atoms with E-state index in [4.69, 9.17) is 0 Å². The molecule has 0 spiro atoms. The Morgan fingerprint density at radius 3 is 2.76 bits per heavy atom. The standard InChI is InChI=1S/C14H19BrFN/c1-3-10-11(8-14(10)17-4-2)9-5-6-13(16)12(15)7-9/h5-7,10-11,14,17H,3-4,8H2,1-2H3. The molecule has 3 unspecified atom stereocenters. The lowest BCUT2D eigenvalue weighted by atomic mass is 9.65. The normalized spacial score (nSPS) is 27.9. The monoisotopic (exact) mass is 299 g/mol. The number of rotatable bonds is 4. The molecule has 0 aromatic heterocycles. The van der Waals surface area contributed by atoms with E-state index in [1.54, 1.807) is 6.07 Å². The molecular formula is C14H19BrFN. The molecule has 0 heterocycles. The van der Waals surface area contributed by atoms with Crippen molar-refractivity contribution in [3.63, 3.8) is 0 Å². The number of hydrogen-bond acceptors (Lipinski definition) is 1. The summed E-state index contributed by atoms with van der Waals surface area (Å²) in [4.78, 5) is 0. The molecule has 1 nitrogen and oxygen atoms in total. The van der Waals surface area contributed by atoms with Crippen molar-refractivity contribution in [2.24, 2.45) is 5.92 Å². The lowest BCUT2D eigenvalue weighted by Gasteiger charge is -2.45. The van der Waals surface area contributed by atoms with Crippen molar-refractivity contribution in [3.8, 4) is 0 Å². The Morgan fingerprint density at radius 2 is 2.18 bits per heavy atom. The SMILES string of the molecule is CCNC1CC(c2ccc(F)c(Br)c2)C1CC. The van der Waals surface area contributed by atoms with E-state index in [2.05, 4.69) is 35.1 Å². The molecule has 0 radical (unpaired) electrons. The van der Waals surface area contributed by atoms with Crippen molar-refractivity contribution in [2.45, 2.75) is 38.6 Å². The van der Waals surface area contributed by atoms with Gasteiger partial charge in [0.25, 0.3) is 0 Å². The van der Waals surface area contributed by atoms with Gasteiger partial charge in [-0.05, 0) is 58.4 Å². The van der Waals surface area contributed by atoms with Gasteiger partial charge in [-0.25, -0.2) is 4.39 Å². The van der Waals surface area contributed by atoms with Crippen molar-refractivity contribution in [1.29, 1.82) is 0 Å². The second-order valence-corrected chi connectivity index (χ2v) is 5.61. The Kier molecular flexibility index (Phi) is 4.21. The van der Waals surface area contributed by atoms with Crippen molar-refractivity contribution in [3.05, 3.63) is 34.1 Å². The van der Waals surface area contributed by atoms with Gasteiger partial charge < -0.3 is 5.32 Å². The highest BCUT2D eigenvalue weighted by molar-refractivity contribution is 9.10. The van der Waals surface area contributed by atoms with Gasteiger partial charge in [0.05, 0.1) is 4.47 Å². The molecular weight excluding hydrogens is 281 g/mol. The summed E-state index contributed by atoms with van der Waals surface area (Å²) in [5.41, 5.74) is 1.26. The average molecular weight is 300 g/mol. The molecule has 1 aromatic carbocycles. The van der Waals surface area contributed by atoms with E-state index in [0.29, 0.717) is 22.4 Å². The molecule has 1 aliphatic rings. The van der Waals surface area contributed by atoms with Crippen molar-refractivity contribution >= 4 is 15.9 Å². The summed E-state index contributed by atoms with van der Waals surface area (Å²) in [6.45, 7) is 5.41. The van der Waals surface area contributed by atoms with Crippen LogP contribution in [0.4, 0.5) is 4.39 Å². The minimum absolute atomic E-state index is 0.177. The Hall–Kier alpha value is -0.410. The first-order chi connectivity index (χ1) is 8.17. The van der Waals surface area contributed by atoms with E-state index in [1.165, 1.54) is 18.4 Å². The number of hydrogen-bond donors (Lipinski definition) is 1. The van der Waals surface area contributed by atoms with Gasteiger partial charge in [0.15, 0.2) is 0 Å². The molecule has 3 atom stereocenters. The number of benzene rings is 1. The average Bonchev–Trinajstić information content (AvgIpc) is 2.28. The first-order valence-corrected chi connectivity index (χ1v) is 7.15. The van der Waals surface area contributed by atoms with E-state index in [0.717, 1.165) is 6.54 Å². The second kappa shape index (κ2) is 5.49. The van der Waals surface area contributed by atoms with Crippen LogP contribution in [0.1, 0.15) is 38.2 Å². The third kappa shape index (κ3) is 2.55. The highest BCUT2D eigenvalue weighted by atomic mass is 79.9. The number of nitrogens with one attached hydrogen (secondary N) is 1. The van der Waals surface area contributed by atoms with E-state index in [-0.39, 0.29) is 5.82 Å². The molecule has 1 saturated carbocycles. The maximum Gasteiger partial charge on any atom is 0.137 e. The van der Waals surface area contributed by atoms with Crippen LogP contribution in [0.15, 0.2) is 22.7 Å². The van der Waals surface area contributed by atoms with Crippen LogP contribution in [-0.2, 0) is 0 Å². The van der Waals surface area contributed by atoms with Crippen molar-refractivity contribution < 1.29 is 4.39 Å². The van der Waals surface area contributed by atoms with Crippen LogP contribution in [-0.4, -0.2) is 12.6 Å². The van der Waals surface area contributed by atoms with Gasteiger partial charge in [0.2, 0.25) is 0 Å². The molecule has 3 heteroatoms. The fraction of sp³-hybridized carbons (Fsp3) is 0.571. The maximum absolute atomic E-state index is 13.2. The van der Waals surface area contributed by atoms with Gasteiger partial charge >= 0.3 is 0 Å². The summed E-state index contributed by atoms with van der Waals surface area (Å²) in [6, 6.07) is 6.06. The topological polar surface area (TPSA) is 12.0 Å². The molecule has 1 N–H and O–H groups in total. The fourth-order valence-corrected chi connectivity index (χ4v) is 3.30. The Bertz CT molecular complexity index is 394.